The summed E-state index contributed by atoms with van der Waals surface area (Å²) in [5, 5.41) is 9.58. The Kier molecular flexibility index (Phi) is 6.89. The van der Waals surface area contributed by atoms with Gasteiger partial charge in [-0.15, -0.1) is 0 Å². The topological polar surface area (TPSA) is 96.6 Å². The first-order valence-electron chi connectivity index (χ1n) is 11.6. The molecule has 2 N–H and O–H groups in total. The van der Waals surface area contributed by atoms with Gasteiger partial charge in [0.05, 0.1) is 17.6 Å². The molecular formula is C26H30FN7O2. The van der Waals surface area contributed by atoms with Gasteiger partial charge in [0.2, 0.25) is 0 Å². The van der Waals surface area contributed by atoms with Gasteiger partial charge in [-0.05, 0) is 64.2 Å². The van der Waals surface area contributed by atoms with Gasteiger partial charge < -0.3 is 10.6 Å². The van der Waals surface area contributed by atoms with Crippen molar-refractivity contribution < 1.29 is 14.0 Å². The number of amides is 2. The van der Waals surface area contributed by atoms with Gasteiger partial charge in [0.1, 0.15) is 17.2 Å². The Balaban J connectivity index is 1.47. The second-order valence-corrected chi connectivity index (χ2v) is 9.62. The molecule has 3 heterocycles. The molecule has 4 rings (SSSR count). The van der Waals surface area contributed by atoms with E-state index in [0.29, 0.717) is 18.7 Å². The van der Waals surface area contributed by atoms with Crippen LogP contribution in [0.5, 0.6) is 0 Å². The molecule has 3 aromatic heterocycles. The zero-order chi connectivity index (χ0) is 26.0. The van der Waals surface area contributed by atoms with Crippen LogP contribution in [0.2, 0.25) is 0 Å². The molecule has 0 bridgehead atoms. The molecular weight excluding hydrogens is 461 g/mol. The van der Waals surface area contributed by atoms with Crippen LogP contribution in [0.4, 0.5) is 10.1 Å². The van der Waals surface area contributed by atoms with E-state index in [1.165, 1.54) is 24.4 Å². The minimum Gasteiger partial charge on any atom is -0.351 e. The fraction of sp³-hybridized carbons (Fsp3) is 0.308. The molecule has 36 heavy (non-hydrogen) atoms. The van der Waals surface area contributed by atoms with Crippen molar-refractivity contribution in [3.05, 3.63) is 72.1 Å². The molecule has 0 aliphatic heterocycles. The predicted octanol–water partition coefficient (Wildman–Crippen LogP) is 3.59. The van der Waals surface area contributed by atoms with E-state index in [1.807, 2.05) is 32.3 Å². The Labute approximate surface area is 208 Å². The Morgan fingerprint density at radius 3 is 2.58 bits per heavy atom. The number of pyridine rings is 1. The van der Waals surface area contributed by atoms with Crippen LogP contribution in [0, 0.1) is 5.82 Å². The second-order valence-electron chi connectivity index (χ2n) is 9.62. The van der Waals surface area contributed by atoms with Crippen molar-refractivity contribution in [2.45, 2.75) is 26.3 Å². The summed E-state index contributed by atoms with van der Waals surface area (Å²) in [6.45, 7) is 7.37. The van der Waals surface area contributed by atoms with Gasteiger partial charge >= 0.3 is 0 Å². The van der Waals surface area contributed by atoms with Gasteiger partial charge in [0.25, 0.3) is 11.8 Å². The zero-order valence-electron chi connectivity index (χ0n) is 21.0. The molecule has 0 fully saturated rings. The van der Waals surface area contributed by atoms with E-state index in [-0.39, 0.29) is 28.4 Å². The van der Waals surface area contributed by atoms with E-state index in [1.54, 1.807) is 21.5 Å². The zero-order valence-corrected chi connectivity index (χ0v) is 21.0. The third-order valence-corrected chi connectivity index (χ3v) is 6.22. The highest BCUT2D eigenvalue weighted by Gasteiger charge is 2.18. The quantitative estimate of drug-likeness (QED) is 0.412. The molecule has 0 saturated heterocycles. The monoisotopic (exact) mass is 491 g/mol. The van der Waals surface area contributed by atoms with Crippen molar-refractivity contribution in [2.75, 3.05) is 25.5 Å². The third kappa shape index (κ3) is 5.28. The third-order valence-electron chi connectivity index (χ3n) is 6.22. The fourth-order valence-corrected chi connectivity index (χ4v) is 3.69. The van der Waals surface area contributed by atoms with Crippen LogP contribution < -0.4 is 10.6 Å². The molecule has 188 valence electrons. The Bertz CT molecular complexity index is 1420. The van der Waals surface area contributed by atoms with E-state index in [9.17, 15) is 14.0 Å². The lowest BCUT2D eigenvalue weighted by atomic mass is 10.1. The van der Waals surface area contributed by atoms with Crippen LogP contribution in [0.25, 0.3) is 16.9 Å². The maximum absolute atomic E-state index is 14.5. The molecule has 0 unspecified atom stereocenters. The van der Waals surface area contributed by atoms with E-state index in [4.69, 9.17) is 0 Å². The van der Waals surface area contributed by atoms with Crippen LogP contribution >= 0.6 is 0 Å². The van der Waals surface area contributed by atoms with Gasteiger partial charge in [0.15, 0.2) is 0 Å². The summed E-state index contributed by atoms with van der Waals surface area (Å²) in [4.78, 5) is 32.0. The number of likely N-dealkylation sites (N-methyl/N-ethyl adjacent to an activating group) is 1. The number of rotatable bonds is 7. The van der Waals surface area contributed by atoms with E-state index >= 15 is 0 Å². The van der Waals surface area contributed by atoms with E-state index < -0.39 is 11.7 Å². The maximum Gasteiger partial charge on any atom is 0.274 e. The highest BCUT2D eigenvalue weighted by atomic mass is 19.1. The molecule has 9 nitrogen and oxygen atoms in total. The number of nitrogens with zero attached hydrogens (tertiary/aromatic N) is 5. The van der Waals surface area contributed by atoms with Crippen LogP contribution in [-0.4, -0.2) is 61.6 Å². The number of benzene rings is 1. The van der Waals surface area contributed by atoms with Crippen LogP contribution in [0.1, 0.15) is 41.6 Å². The summed E-state index contributed by atoms with van der Waals surface area (Å²) in [6, 6.07) is 9.47. The van der Waals surface area contributed by atoms with Crippen LogP contribution in [0.15, 0.2) is 55.0 Å². The molecule has 0 atom stereocenters. The number of carbonyl (C=O) groups is 2. The molecule has 0 aliphatic rings. The highest BCUT2D eigenvalue weighted by molar-refractivity contribution is 6.04. The second kappa shape index (κ2) is 9.90. The van der Waals surface area contributed by atoms with Gasteiger partial charge in [-0.2, -0.15) is 5.10 Å². The Morgan fingerprint density at radius 1 is 1.11 bits per heavy atom. The number of nitrogens with one attached hydrogen (secondary N) is 2. The smallest absolute Gasteiger partial charge is 0.274 e. The largest absolute Gasteiger partial charge is 0.351 e. The first-order valence-corrected chi connectivity index (χ1v) is 11.6. The lowest BCUT2D eigenvalue weighted by Gasteiger charge is -2.31. The average Bonchev–Trinajstić information content (AvgIpc) is 3.45. The van der Waals surface area contributed by atoms with Gasteiger partial charge in [-0.25, -0.2) is 9.37 Å². The number of halogens is 1. The SMILES string of the molecule is CN(CCNC(=O)c1ccc(F)c(NC(=O)c2cnc3cc(-c4ccnn4C)ccn23)c1)C(C)(C)C. The Hall–Kier alpha value is -4.05. The molecule has 0 saturated carbocycles. The molecule has 4 aromatic rings. The minimum atomic E-state index is -0.639. The van der Waals surface area contributed by atoms with Crippen molar-refractivity contribution in [1.82, 2.24) is 29.4 Å². The first-order chi connectivity index (χ1) is 17.0. The lowest BCUT2D eigenvalue weighted by Crippen LogP contribution is -2.42. The molecule has 0 aliphatic carbocycles. The molecule has 2 amide bonds. The summed E-state index contributed by atoms with van der Waals surface area (Å²) >= 11 is 0. The van der Waals surface area contributed by atoms with E-state index in [0.717, 1.165) is 11.3 Å². The van der Waals surface area contributed by atoms with Gasteiger partial charge in [-0.1, -0.05) is 0 Å². The number of anilines is 1. The summed E-state index contributed by atoms with van der Waals surface area (Å²) in [7, 11) is 3.83. The van der Waals surface area contributed by atoms with Gasteiger partial charge in [0, 0.05) is 49.2 Å². The number of hydrogen-bond acceptors (Lipinski definition) is 5. The normalized spacial score (nSPS) is 11.8. The minimum absolute atomic E-state index is 0.0178. The van der Waals surface area contributed by atoms with Crippen molar-refractivity contribution in [2.24, 2.45) is 7.05 Å². The first kappa shape index (κ1) is 25.1. The Morgan fingerprint density at radius 2 is 1.89 bits per heavy atom. The van der Waals surface area contributed by atoms with Crippen LogP contribution in [0.3, 0.4) is 0 Å². The van der Waals surface area contributed by atoms with Crippen molar-refractivity contribution in [1.29, 1.82) is 0 Å². The molecule has 10 heteroatoms. The van der Waals surface area contributed by atoms with Crippen molar-refractivity contribution in [3.8, 4) is 11.3 Å². The lowest BCUT2D eigenvalue weighted by molar-refractivity contribution is 0.0939. The standard InChI is InChI=1S/C26H30FN7O2/c1-26(2,3)32(4)13-11-28-24(35)18-6-7-19(27)20(14-18)31-25(36)22-16-29-23-15-17(9-12-34(22)23)21-8-10-30-33(21)5/h6-10,12,14-16H,11,13H2,1-5H3,(H,28,35)(H,31,36). The number of fused-ring (bicyclic) bond motifs is 1. The summed E-state index contributed by atoms with van der Waals surface area (Å²) in [6.07, 6.45) is 4.86. The predicted molar refractivity (Wildman–Crippen MR) is 136 cm³/mol. The highest BCUT2D eigenvalue weighted by Crippen LogP contribution is 2.22. The van der Waals surface area contributed by atoms with Gasteiger partial charge in [-0.3, -0.25) is 23.6 Å². The molecule has 0 radical (unpaired) electrons. The summed E-state index contributed by atoms with van der Waals surface area (Å²) < 4.78 is 17.9. The number of carbonyl (C=O) groups excluding carboxylic acids is 2. The maximum atomic E-state index is 14.5. The average molecular weight is 492 g/mol. The fourth-order valence-electron chi connectivity index (χ4n) is 3.69. The van der Waals surface area contributed by atoms with Crippen molar-refractivity contribution in [3.63, 3.8) is 0 Å². The number of aryl methyl sites for hydroxylation is 1. The number of hydrogen-bond donors (Lipinski definition) is 2. The molecule has 1 aromatic carbocycles. The van der Waals surface area contributed by atoms with E-state index in [2.05, 4.69) is 46.4 Å². The summed E-state index contributed by atoms with van der Waals surface area (Å²) in [5.41, 5.74) is 2.77. The summed E-state index contributed by atoms with van der Waals surface area (Å²) in [5.74, 6) is -1.52. The number of imidazole rings is 1. The number of aromatic nitrogens is 4. The van der Waals surface area contributed by atoms with Crippen molar-refractivity contribution >= 4 is 23.1 Å². The van der Waals surface area contributed by atoms with Crippen LogP contribution in [-0.2, 0) is 7.05 Å². The molecule has 0 spiro atoms.